The quantitative estimate of drug-likeness (QED) is 0.170. The normalized spacial score (nSPS) is 11.9. The number of aromatic nitrogens is 3. The molecule has 0 aliphatic carbocycles. The zero-order chi connectivity index (χ0) is 36.7. The van der Waals surface area contributed by atoms with E-state index in [0.717, 1.165) is 77.1 Å². The summed E-state index contributed by atoms with van der Waals surface area (Å²) in [6, 6.07) is 61.0. The molecule has 3 heterocycles. The number of furan rings is 2. The van der Waals surface area contributed by atoms with Crippen LogP contribution >= 0.6 is 0 Å². The standard InChI is InChI=1S/C51H29N3O2/c1-2-12-30(13-3-1)49-52-50(32-24-26-38-36-16-5-4-14-34(36)35-15-6-7-17-37(35)41(38)29-32)54-51(53-49)40-20-11-23-46-48(40)47-33(19-10-22-45(47)56-46)31-25-27-44-42(28-31)39-18-8-9-21-43(39)55-44/h1-29H. The van der Waals surface area contributed by atoms with Gasteiger partial charge in [-0.05, 0) is 79.8 Å². The number of benzene rings is 9. The van der Waals surface area contributed by atoms with Gasteiger partial charge in [0.2, 0.25) is 0 Å². The molecular weight excluding hydrogens is 687 g/mol. The minimum absolute atomic E-state index is 0.580. The third kappa shape index (κ3) is 4.64. The second-order valence-electron chi connectivity index (χ2n) is 14.3. The van der Waals surface area contributed by atoms with Crippen LogP contribution in [-0.4, -0.2) is 15.0 Å². The van der Waals surface area contributed by atoms with Gasteiger partial charge in [-0.3, -0.25) is 0 Å². The summed E-state index contributed by atoms with van der Waals surface area (Å²) in [5.74, 6) is 1.79. The molecule has 0 bridgehead atoms. The van der Waals surface area contributed by atoms with Crippen molar-refractivity contribution in [2.75, 3.05) is 0 Å². The first-order valence-electron chi connectivity index (χ1n) is 18.8. The Morgan fingerprint density at radius 3 is 1.48 bits per heavy atom. The molecular formula is C51H29N3O2. The molecule has 9 aromatic carbocycles. The molecule has 12 aromatic rings. The largest absolute Gasteiger partial charge is 0.456 e. The Kier molecular flexibility index (Phi) is 6.56. The first-order chi connectivity index (χ1) is 27.7. The van der Waals surface area contributed by atoms with E-state index in [1.807, 2.05) is 60.7 Å². The summed E-state index contributed by atoms with van der Waals surface area (Å²) in [4.78, 5) is 15.6. The van der Waals surface area contributed by atoms with E-state index < -0.39 is 0 Å². The second kappa shape index (κ2) is 11.9. The first-order valence-corrected chi connectivity index (χ1v) is 18.8. The fraction of sp³-hybridized carbons (Fsp3) is 0. The van der Waals surface area contributed by atoms with Crippen LogP contribution in [0, 0.1) is 0 Å². The van der Waals surface area contributed by atoms with Gasteiger partial charge in [0.15, 0.2) is 17.5 Å². The van der Waals surface area contributed by atoms with Crippen LogP contribution in [-0.2, 0) is 0 Å². The van der Waals surface area contributed by atoms with Gasteiger partial charge in [0.05, 0.1) is 0 Å². The molecule has 0 unspecified atom stereocenters. The fourth-order valence-electron chi connectivity index (χ4n) is 8.58. The van der Waals surface area contributed by atoms with E-state index in [9.17, 15) is 0 Å². The van der Waals surface area contributed by atoms with E-state index >= 15 is 0 Å². The van der Waals surface area contributed by atoms with E-state index in [-0.39, 0.29) is 0 Å². The highest BCUT2D eigenvalue weighted by Crippen LogP contribution is 2.43. The number of hydrogen-bond acceptors (Lipinski definition) is 5. The van der Waals surface area contributed by atoms with E-state index in [0.29, 0.717) is 17.5 Å². The number of para-hydroxylation sites is 1. The summed E-state index contributed by atoms with van der Waals surface area (Å²) < 4.78 is 12.8. The molecule has 0 N–H and O–H groups in total. The lowest BCUT2D eigenvalue weighted by Crippen LogP contribution is -2.00. The lowest BCUT2D eigenvalue weighted by Gasteiger charge is -2.13. The highest BCUT2D eigenvalue weighted by Gasteiger charge is 2.21. The van der Waals surface area contributed by atoms with Gasteiger partial charge in [0, 0.05) is 38.2 Å². The number of hydrogen-bond donors (Lipinski definition) is 0. The fourth-order valence-corrected chi connectivity index (χ4v) is 8.58. The first kappa shape index (κ1) is 30.8. The van der Waals surface area contributed by atoms with Crippen LogP contribution in [0.5, 0.6) is 0 Å². The second-order valence-corrected chi connectivity index (χ2v) is 14.3. The molecule has 0 saturated heterocycles. The van der Waals surface area contributed by atoms with Crippen LogP contribution in [0.25, 0.3) is 121 Å². The Balaban J connectivity index is 1.11. The van der Waals surface area contributed by atoms with Crippen molar-refractivity contribution in [2.45, 2.75) is 0 Å². The summed E-state index contributed by atoms with van der Waals surface area (Å²) in [7, 11) is 0. The summed E-state index contributed by atoms with van der Waals surface area (Å²) in [5.41, 5.74) is 8.16. The maximum absolute atomic E-state index is 6.58. The van der Waals surface area contributed by atoms with Gasteiger partial charge in [-0.25, -0.2) is 15.0 Å². The molecule has 3 aromatic heterocycles. The minimum atomic E-state index is 0.580. The monoisotopic (exact) mass is 715 g/mol. The van der Waals surface area contributed by atoms with Crippen LogP contribution in [0.4, 0.5) is 0 Å². The Bertz CT molecular complexity index is 3510. The van der Waals surface area contributed by atoms with Gasteiger partial charge in [-0.15, -0.1) is 0 Å². The van der Waals surface area contributed by atoms with E-state index in [1.165, 1.54) is 26.9 Å². The Hall–Kier alpha value is -7.63. The average molecular weight is 716 g/mol. The summed E-state index contributed by atoms with van der Waals surface area (Å²) in [5, 5.41) is 11.4. The third-order valence-electron chi connectivity index (χ3n) is 11.1. The summed E-state index contributed by atoms with van der Waals surface area (Å²) >= 11 is 0. The highest BCUT2D eigenvalue weighted by molar-refractivity contribution is 6.26. The van der Waals surface area contributed by atoms with Crippen LogP contribution in [0.1, 0.15) is 0 Å². The zero-order valence-corrected chi connectivity index (χ0v) is 29.9. The molecule has 0 atom stereocenters. The molecule has 0 saturated carbocycles. The van der Waals surface area contributed by atoms with Crippen molar-refractivity contribution in [3.63, 3.8) is 0 Å². The predicted molar refractivity (Wildman–Crippen MR) is 229 cm³/mol. The van der Waals surface area contributed by atoms with E-state index in [2.05, 4.69) is 115 Å². The Labute approximate surface area is 320 Å². The molecule has 260 valence electrons. The molecule has 5 nitrogen and oxygen atoms in total. The minimum Gasteiger partial charge on any atom is -0.456 e. The van der Waals surface area contributed by atoms with E-state index in [4.69, 9.17) is 23.8 Å². The van der Waals surface area contributed by atoms with Crippen LogP contribution in [0.15, 0.2) is 185 Å². The zero-order valence-electron chi connectivity index (χ0n) is 29.9. The van der Waals surface area contributed by atoms with Crippen molar-refractivity contribution < 1.29 is 8.83 Å². The smallest absolute Gasteiger partial charge is 0.164 e. The van der Waals surface area contributed by atoms with Crippen LogP contribution < -0.4 is 0 Å². The summed E-state index contributed by atoms with van der Waals surface area (Å²) in [6.07, 6.45) is 0. The van der Waals surface area contributed by atoms with Gasteiger partial charge >= 0.3 is 0 Å². The molecule has 0 aliphatic heterocycles. The van der Waals surface area contributed by atoms with Gasteiger partial charge in [0.25, 0.3) is 0 Å². The van der Waals surface area contributed by atoms with Crippen molar-refractivity contribution in [2.24, 2.45) is 0 Å². The lowest BCUT2D eigenvalue weighted by atomic mass is 9.93. The third-order valence-corrected chi connectivity index (χ3v) is 11.1. The van der Waals surface area contributed by atoms with Crippen LogP contribution in [0.3, 0.4) is 0 Å². The maximum Gasteiger partial charge on any atom is 0.164 e. The molecule has 0 amide bonds. The topological polar surface area (TPSA) is 65.0 Å². The van der Waals surface area contributed by atoms with Crippen molar-refractivity contribution in [3.8, 4) is 45.3 Å². The van der Waals surface area contributed by atoms with Crippen molar-refractivity contribution in [1.82, 2.24) is 15.0 Å². The van der Waals surface area contributed by atoms with Gasteiger partial charge in [0.1, 0.15) is 22.3 Å². The predicted octanol–water partition coefficient (Wildman–Crippen LogP) is 13.8. The maximum atomic E-state index is 6.58. The number of nitrogens with zero attached hydrogens (tertiary/aromatic N) is 3. The number of rotatable bonds is 4. The van der Waals surface area contributed by atoms with Crippen molar-refractivity contribution in [3.05, 3.63) is 176 Å². The summed E-state index contributed by atoms with van der Waals surface area (Å²) in [6.45, 7) is 0. The molecule has 5 heteroatoms. The molecule has 12 rings (SSSR count). The van der Waals surface area contributed by atoms with Crippen LogP contribution in [0.2, 0.25) is 0 Å². The molecule has 0 radical (unpaired) electrons. The number of fused-ring (bicyclic) bond motifs is 12. The molecule has 0 spiro atoms. The van der Waals surface area contributed by atoms with Gasteiger partial charge < -0.3 is 8.83 Å². The molecule has 0 aliphatic rings. The highest BCUT2D eigenvalue weighted by atomic mass is 16.3. The van der Waals surface area contributed by atoms with E-state index in [1.54, 1.807) is 0 Å². The Morgan fingerprint density at radius 1 is 0.268 bits per heavy atom. The SMILES string of the molecule is c1ccc(-c2nc(-c3ccc4c5ccccc5c5ccccc5c4c3)nc(-c3cccc4oc5cccc(-c6ccc7oc8ccccc8c7c6)c5c34)n2)cc1. The molecule has 0 fully saturated rings. The average Bonchev–Trinajstić information content (AvgIpc) is 3.85. The van der Waals surface area contributed by atoms with Crippen molar-refractivity contribution >= 4 is 76.2 Å². The molecule has 56 heavy (non-hydrogen) atoms. The van der Waals surface area contributed by atoms with Gasteiger partial charge in [-0.1, -0.05) is 140 Å². The lowest BCUT2D eigenvalue weighted by molar-refractivity contribution is 0.669. The van der Waals surface area contributed by atoms with Gasteiger partial charge in [-0.2, -0.15) is 0 Å². The van der Waals surface area contributed by atoms with Crippen molar-refractivity contribution in [1.29, 1.82) is 0 Å². The Morgan fingerprint density at radius 2 is 0.750 bits per heavy atom.